The molecule has 82 valence electrons. The van der Waals surface area contributed by atoms with Crippen molar-refractivity contribution in [2.75, 3.05) is 12.4 Å². The fraction of sp³-hybridized carbons (Fsp3) is 0.583. The van der Waals surface area contributed by atoms with E-state index in [0.29, 0.717) is 11.9 Å². The Morgan fingerprint density at radius 3 is 2.93 bits per heavy atom. The third-order valence-electron chi connectivity index (χ3n) is 3.13. The first-order valence-electron chi connectivity index (χ1n) is 5.57. The number of nitrogens with zero attached hydrogens (tertiary/aromatic N) is 1. The van der Waals surface area contributed by atoms with E-state index < -0.39 is 0 Å². The molecule has 1 aliphatic rings. The van der Waals surface area contributed by atoms with Crippen LogP contribution in [-0.4, -0.2) is 18.1 Å². The van der Waals surface area contributed by atoms with Crippen molar-refractivity contribution >= 4 is 5.82 Å². The molecule has 1 aliphatic carbocycles. The Balaban J connectivity index is 2.03. The zero-order chi connectivity index (χ0) is 10.7. The highest BCUT2D eigenvalue weighted by Crippen LogP contribution is 2.27. The van der Waals surface area contributed by atoms with Gasteiger partial charge >= 0.3 is 0 Å². The van der Waals surface area contributed by atoms with Crippen molar-refractivity contribution < 1.29 is 4.74 Å². The van der Waals surface area contributed by atoms with Crippen LogP contribution in [-0.2, 0) is 0 Å². The second kappa shape index (κ2) is 4.51. The third-order valence-corrected chi connectivity index (χ3v) is 3.13. The Labute approximate surface area is 90.9 Å². The second-order valence-corrected chi connectivity index (χ2v) is 4.22. The van der Waals surface area contributed by atoms with E-state index in [1.165, 1.54) is 19.3 Å². The van der Waals surface area contributed by atoms with Crippen LogP contribution in [0.5, 0.6) is 5.88 Å². The number of methoxy groups -OCH3 is 1. The zero-order valence-electron chi connectivity index (χ0n) is 9.36. The maximum absolute atomic E-state index is 5.10. The minimum atomic E-state index is 0.574. The average molecular weight is 206 g/mol. The molecular weight excluding hydrogens is 188 g/mol. The van der Waals surface area contributed by atoms with Crippen molar-refractivity contribution in [3.63, 3.8) is 0 Å². The predicted molar refractivity (Wildman–Crippen MR) is 61.2 cm³/mol. The van der Waals surface area contributed by atoms with Gasteiger partial charge in [-0.05, 0) is 24.8 Å². The molecule has 0 saturated heterocycles. The van der Waals surface area contributed by atoms with E-state index in [0.717, 1.165) is 11.7 Å². The van der Waals surface area contributed by atoms with E-state index in [4.69, 9.17) is 4.74 Å². The lowest BCUT2D eigenvalue weighted by atomic mass is 10.1. The van der Waals surface area contributed by atoms with Gasteiger partial charge in [-0.1, -0.05) is 19.4 Å². The maximum Gasteiger partial charge on any atom is 0.214 e. The number of ether oxygens (including phenoxy) is 1. The lowest BCUT2D eigenvalue weighted by molar-refractivity contribution is 0.398. The first-order valence-corrected chi connectivity index (χ1v) is 5.57. The fourth-order valence-corrected chi connectivity index (χ4v) is 2.16. The fourth-order valence-electron chi connectivity index (χ4n) is 2.16. The Morgan fingerprint density at radius 2 is 2.27 bits per heavy atom. The summed E-state index contributed by atoms with van der Waals surface area (Å²) in [5, 5.41) is 3.47. The van der Waals surface area contributed by atoms with E-state index in [2.05, 4.69) is 17.2 Å². The van der Waals surface area contributed by atoms with Crippen molar-refractivity contribution in [3.8, 4) is 5.88 Å². The van der Waals surface area contributed by atoms with Gasteiger partial charge in [0.05, 0.1) is 7.11 Å². The third kappa shape index (κ3) is 2.41. The normalized spacial score (nSPS) is 25.2. The van der Waals surface area contributed by atoms with Crippen LogP contribution in [0.4, 0.5) is 5.82 Å². The molecule has 1 saturated carbocycles. The summed E-state index contributed by atoms with van der Waals surface area (Å²) in [6.07, 6.45) is 3.89. The molecule has 0 aliphatic heterocycles. The Morgan fingerprint density at radius 1 is 1.40 bits per heavy atom. The minimum absolute atomic E-state index is 0.574. The molecule has 1 aromatic rings. The molecule has 2 unspecified atom stereocenters. The van der Waals surface area contributed by atoms with Gasteiger partial charge in [-0.15, -0.1) is 0 Å². The molecule has 1 aromatic heterocycles. The molecule has 0 radical (unpaired) electrons. The largest absolute Gasteiger partial charge is 0.481 e. The number of rotatable bonds is 3. The monoisotopic (exact) mass is 206 g/mol. The molecular formula is C12H18N2O. The van der Waals surface area contributed by atoms with Gasteiger partial charge in [-0.3, -0.25) is 0 Å². The van der Waals surface area contributed by atoms with Crippen LogP contribution in [0.15, 0.2) is 18.2 Å². The molecule has 0 aromatic carbocycles. The SMILES string of the molecule is COc1cccc(NC2CCCC2C)n1. The summed E-state index contributed by atoms with van der Waals surface area (Å²) in [4.78, 5) is 4.36. The van der Waals surface area contributed by atoms with Gasteiger partial charge in [0, 0.05) is 12.1 Å². The molecule has 3 heteroatoms. The number of aromatic nitrogens is 1. The summed E-state index contributed by atoms with van der Waals surface area (Å²) < 4.78 is 5.10. The summed E-state index contributed by atoms with van der Waals surface area (Å²) in [6.45, 7) is 2.30. The van der Waals surface area contributed by atoms with Crippen molar-refractivity contribution in [3.05, 3.63) is 18.2 Å². The van der Waals surface area contributed by atoms with Gasteiger partial charge in [-0.25, -0.2) is 0 Å². The molecule has 0 spiro atoms. The standard InChI is InChI=1S/C12H18N2O/c1-9-5-3-6-10(9)13-11-7-4-8-12(14-11)15-2/h4,7-10H,3,5-6H2,1-2H3,(H,13,14). The van der Waals surface area contributed by atoms with Crippen molar-refractivity contribution in [2.24, 2.45) is 5.92 Å². The van der Waals surface area contributed by atoms with Gasteiger partial charge in [-0.2, -0.15) is 4.98 Å². The van der Waals surface area contributed by atoms with Gasteiger partial charge in [0.15, 0.2) is 0 Å². The number of nitrogens with one attached hydrogen (secondary N) is 1. The number of hydrogen-bond acceptors (Lipinski definition) is 3. The summed E-state index contributed by atoms with van der Waals surface area (Å²) in [5.74, 6) is 2.34. The zero-order valence-corrected chi connectivity index (χ0v) is 9.36. The first kappa shape index (κ1) is 10.3. The van der Waals surface area contributed by atoms with Gasteiger partial charge in [0.1, 0.15) is 5.82 Å². The summed E-state index contributed by atoms with van der Waals surface area (Å²) in [7, 11) is 1.64. The van der Waals surface area contributed by atoms with Gasteiger partial charge < -0.3 is 10.1 Å². The molecule has 15 heavy (non-hydrogen) atoms. The minimum Gasteiger partial charge on any atom is -0.481 e. The van der Waals surface area contributed by atoms with E-state index in [1.807, 2.05) is 18.2 Å². The van der Waals surface area contributed by atoms with E-state index >= 15 is 0 Å². The first-order chi connectivity index (χ1) is 7.29. The smallest absolute Gasteiger partial charge is 0.214 e. The lowest BCUT2D eigenvalue weighted by Crippen LogP contribution is -2.22. The molecule has 2 rings (SSSR count). The Kier molecular flexibility index (Phi) is 3.09. The lowest BCUT2D eigenvalue weighted by Gasteiger charge is -2.17. The number of hydrogen-bond donors (Lipinski definition) is 1. The average Bonchev–Trinajstić information content (AvgIpc) is 2.65. The van der Waals surface area contributed by atoms with Crippen molar-refractivity contribution in [1.82, 2.24) is 4.98 Å². The summed E-state index contributed by atoms with van der Waals surface area (Å²) in [6, 6.07) is 6.40. The van der Waals surface area contributed by atoms with Crippen LogP contribution >= 0.6 is 0 Å². The van der Waals surface area contributed by atoms with Crippen LogP contribution in [0, 0.1) is 5.92 Å². The molecule has 0 bridgehead atoms. The highest BCUT2D eigenvalue weighted by molar-refractivity contribution is 5.38. The van der Waals surface area contributed by atoms with E-state index in [1.54, 1.807) is 7.11 Å². The molecule has 3 nitrogen and oxygen atoms in total. The topological polar surface area (TPSA) is 34.1 Å². The molecule has 0 amide bonds. The van der Waals surface area contributed by atoms with Crippen molar-refractivity contribution in [2.45, 2.75) is 32.2 Å². The molecule has 1 heterocycles. The molecule has 1 fully saturated rings. The molecule has 1 N–H and O–H groups in total. The van der Waals surface area contributed by atoms with Gasteiger partial charge in [0.2, 0.25) is 5.88 Å². The maximum atomic E-state index is 5.10. The van der Waals surface area contributed by atoms with Crippen LogP contribution < -0.4 is 10.1 Å². The van der Waals surface area contributed by atoms with E-state index in [-0.39, 0.29) is 0 Å². The predicted octanol–water partition coefficient (Wildman–Crippen LogP) is 2.69. The highest BCUT2D eigenvalue weighted by Gasteiger charge is 2.23. The Bertz CT molecular complexity index is 327. The summed E-state index contributed by atoms with van der Waals surface area (Å²) >= 11 is 0. The van der Waals surface area contributed by atoms with Crippen LogP contribution in [0.25, 0.3) is 0 Å². The highest BCUT2D eigenvalue weighted by atomic mass is 16.5. The number of pyridine rings is 1. The van der Waals surface area contributed by atoms with Crippen LogP contribution in [0.1, 0.15) is 26.2 Å². The quantitative estimate of drug-likeness (QED) is 0.825. The van der Waals surface area contributed by atoms with Gasteiger partial charge in [0.25, 0.3) is 0 Å². The number of anilines is 1. The van der Waals surface area contributed by atoms with E-state index in [9.17, 15) is 0 Å². The second-order valence-electron chi connectivity index (χ2n) is 4.22. The molecule has 2 atom stereocenters. The van der Waals surface area contributed by atoms with Crippen LogP contribution in [0.2, 0.25) is 0 Å². The summed E-state index contributed by atoms with van der Waals surface area (Å²) in [5.41, 5.74) is 0. The van der Waals surface area contributed by atoms with Crippen molar-refractivity contribution in [1.29, 1.82) is 0 Å². The van der Waals surface area contributed by atoms with Crippen LogP contribution in [0.3, 0.4) is 0 Å². The Hall–Kier alpha value is -1.25.